The maximum atomic E-state index is 14.7. The SMILES string of the molecule is Cc1nc(C)n(-c2ccc(Nc3ncc(F)c(-c4cc(F)cc(N5CCN(C)CC5)c4)n3)cc2)n1. The third-order valence-electron chi connectivity index (χ3n) is 6.01. The zero-order valence-electron chi connectivity index (χ0n) is 19.8. The molecule has 1 aliphatic heterocycles. The monoisotopic (exact) mass is 476 g/mol. The van der Waals surface area contributed by atoms with Crippen molar-refractivity contribution in [1.82, 2.24) is 29.6 Å². The lowest BCUT2D eigenvalue weighted by atomic mass is 10.1. The summed E-state index contributed by atoms with van der Waals surface area (Å²) in [4.78, 5) is 17.1. The molecule has 8 nitrogen and oxygen atoms in total. The summed E-state index contributed by atoms with van der Waals surface area (Å²) in [6.45, 7) is 7.06. The predicted octanol–water partition coefficient (Wildman–Crippen LogP) is 4.11. The van der Waals surface area contributed by atoms with Gasteiger partial charge in [0.2, 0.25) is 5.95 Å². The normalized spacial score (nSPS) is 14.4. The van der Waals surface area contributed by atoms with Crippen LogP contribution in [0.3, 0.4) is 0 Å². The highest BCUT2D eigenvalue weighted by Crippen LogP contribution is 2.29. The van der Waals surface area contributed by atoms with Gasteiger partial charge in [-0.1, -0.05) is 0 Å². The third-order valence-corrected chi connectivity index (χ3v) is 6.01. The van der Waals surface area contributed by atoms with Crippen molar-refractivity contribution in [3.8, 4) is 16.9 Å². The van der Waals surface area contributed by atoms with Gasteiger partial charge in [0.15, 0.2) is 5.82 Å². The van der Waals surface area contributed by atoms with Crippen LogP contribution in [0.4, 0.5) is 26.1 Å². The molecule has 1 fully saturated rings. The van der Waals surface area contributed by atoms with Crippen LogP contribution in [0.1, 0.15) is 11.6 Å². The average molecular weight is 477 g/mol. The fourth-order valence-electron chi connectivity index (χ4n) is 4.17. The molecule has 0 radical (unpaired) electrons. The average Bonchev–Trinajstić information content (AvgIpc) is 3.18. The van der Waals surface area contributed by atoms with Crippen LogP contribution < -0.4 is 10.2 Å². The zero-order chi connectivity index (χ0) is 24.5. The lowest BCUT2D eigenvalue weighted by Gasteiger charge is -2.34. The van der Waals surface area contributed by atoms with E-state index in [2.05, 4.69) is 42.2 Å². The molecule has 4 aromatic rings. The highest BCUT2D eigenvalue weighted by atomic mass is 19.1. The molecule has 5 rings (SSSR count). The molecule has 180 valence electrons. The topological polar surface area (TPSA) is 75.0 Å². The molecule has 35 heavy (non-hydrogen) atoms. The molecule has 0 bridgehead atoms. The Balaban J connectivity index is 1.39. The Morgan fingerprint density at radius 2 is 1.63 bits per heavy atom. The van der Waals surface area contributed by atoms with E-state index in [0.29, 0.717) is 11.4 Å². The number of aromatic nitrogens is 5. The van der Waals surface area contributed by atoms with Crippen molar-refractivity contribution >= 4 is 17.3 Å². The van der Waals surface area contributed by atoms with Crippen LogP contribution in [-0.4, -0.2) is 62.9 Å². The number of anilines is 3. The van der Waals surface area contributed by atoms with E-state index in [-0.39, 0.29) is 11.6 Å². The lowest BCUT2D eigenvalue weighted by molar-refractivity contribution is 0.313. The number of likely N-dealkylation sites (N-methyl/N-ethyl adjacent to an activating group) is 1. The molecule has 2 aromatic heterocycles. The summed E-state index contributed by atoms with van der Waals surface area (Å²) in [6.07, 6.45) is 1.10. The fraction of sp³-hybridized carbons (Fsp3) is 0.280. The second-order valence-electron chi connectivity index (χ2n) is 8.67. The van der Waals surface area contributed by atoms with Crippen molar-refractivity contribution in [3.63, 3.8) is 0 Å². The standard InChI is InChI=1S/C25H26F2N8/c1-16-29-17(2)35(32-16)21-6-4-20(5-7-21)30-25-28-15-23(27)24(31-25)18-12-19(26)14-22(13-18)34-10-8-33(3)9-11-34/h4-7,12-15H,8-11H2,1-3H3,(H,28,30,31). The summed E-state index contributed by atoms with van der Waals surface area (Å²) < 4.78 is 31.0. The number of hydrogen-bond donors (Lipinski definition) is 1. The van der Waals surface area contributed by atoms with E-state index in [4.69, 9.17) is 0 Å². The van der Waals surface area contributed by atoms with Crippen LogP contribution in [0.5, 0.6) is 0 Å². The number of halogens is 2. The summed E-state index contributed by atoms with van der Waals surface area (Å²) in [5.41, 5.74) is 2.72. The molecule has 2 aromatic carbocycles. The molecule has 3 heterocycles. The van der Waals surface area contributed by atoms with Crippen LogP contribution in [0.2, 0.25) is 0 Å². The summed E-state index contributed by atoms with van der Waals surface area (Å²) in [7, 11) is 2.06. The summed E-state index contributed by atoms with van der Waals surface area (Å²) in [6, 6.07) is 12.0. The van der Waals surface area contributed by atoms with Gasteiger partial charge < -0.3 is 15.1 Å². The molecular formula is C25H26F2N8. The van der Waals surface area contributed by atoms with Crippen molar-refractivity contribution in [2.45, 2.75) is 13.8 Å². The van der Waals surface area contributed by atoms with Crippen molar-refractivity contribution < 1.29 is 8.78 Å². The first kappa shape index (κ1) is 22.9. The van der Waals surface area contributed by atoms with Crippen molar-refractivity contribution in [2.24, 2.45) is 0 Å². The summed E-state index contributed by atoms with van der Waals surface area (Å²) >= 11 is 0. The molecule has 1 N–H and O–H groups in total. The van der Waals surface area contributed by atoms with Gasteiger partial charge in [0.05, 0.1) is 11.9 Å². The van der Waals surface area contributed by atoms with Gasteiger partial charge in [0.1, 0.15) is 23.2 Å². The second-order valence-corrected chi connectivity index (χ2v) is 8.67. The Morgan fingerprint density at radius 3 is 2.31 bits per heavy atom. The Bertz CT molecular complexity index is 1340. The molecule has 10 heteroatoms. The van der Waals surface area contributed by atoms with Crippen LogP contribution in [0.25, 0.3) is 16.9 Å². The molecular weight excluding hydrogens is 450 g/mol. The van der Waals surface area contributed by atoms with Crippen molar-refractivity contribution in [3.05, 3.63) is 71.9 Å². The first-order chi connectivity index (χ1) is 16.9. The van der Waals surface area contributed by atoms with Crippen molar-refractivity contribution in [1.29, 1.82) is 0 Å². The molecule has 0 atom stereocenters. The predicted molar refractivity (Wildman–Crippen MR) is 131 cm³/mol. The third kappa shape index (κ3) is 4.97. The Morgan fingerprint density at radius 1 is 0.886 bits per heavy atom. The number of nitrogens with one attached hydrogen (secondary N) is 1. The molecule has 0 unspecified atom stereocenters. The molecule has 1 aliphatic rings. The lowest BCUT2D eigenvalue weighted by Crippen LogP contribution is -2.44. The Kier molecular flexibility index (Phi) is 6.12. The first-order valence-electron chi connectivity index (χ1n) is 11.4. The highest BCUT2D eigenvalue weighted by molar-refractivity contribution is 5.68. The van der Waals surface area contributed by atoms with Gasteiger partial charge in [-0.25, -0.2) is 28.4 Å². The van der Waals surface area contributed by atoms with E-state index in [1.165, 1.54) is 12.1 Å². The molecule has 0 spiro atoms. The molecule has 0 amide bonds. The molecule has 0 saturated carbocycles. The minimum Gasteiger partial charge on any atom is -0.369 e. The Hall–Kier alpha value is -3.92. The number of aryl methyl sites for hydroxylation is 2. The number of nitrogens with zero attached hydrogens (tertiary/aromatic N) is 7. The summed E-state index contributed by atoms with van der Waals surface area (Å²) in [5.74, 6) is 0.661. The minimum atomic E-state index is -0.613. The minimum absolute atomic E-state index is 0.0442. The van der Waals surface area contributed by atoms with Gasteiger partial charge in [-0.2, -0.15) is 5.10 Å². The van der Waals surface area contributed by atoms with Crippen LogP contribution in [-0.2, 0) is 0 Å². The molecule has 1 saturated heterocycles. The number of benzene rings is 2. The highest BCUT2D eigenvalue weighted by Gasteiger charge is 2.18. The van der Waals surface area contributed by atoms with E-state index < -0.39 is 11.6 Å². The van der Waals surface area contributed by atoms with Gasteiger partial charge in [-0.3, -0.25) is 0 Å². The maximum Gasteiger partial charge on any atom is 0.227 e. The van der Waals surface area contributed by atoms with Crippen LogP contribution >= 0.6 is 0 Å². The van der Waals surface area contributed by atoms with E-state index in [0.717, 1.165) is 55.3 Å². The van der Waals surface area contributed by atoms with Gasteiger partial charge in [0.25, 0.3) is 0 Å². The second kappa shape index (κ2) is 9.38. The van der Waals surface area contributed by atoms with Gasteiger partial charge in [0, 0.05) is 43.1 Å². The fourth-order valence-corrected chi connectivity index (χ4v) is 4.17. The maximum absolute atomic E-state index is 14.7. The quantitative estimate of drug-likeness (QED) is 0.465. The number of rotatable bonds is 5. The van der Waals surface area contributed by atoms with Crippen molar-refractivity contribution in [2.75, 3.05) is 43.4 Å². The smallest absolute Gasteiger partial charge is 0.227 e. The van der Waals surface area contributed by atoms with Crippen LogP contribution in [0, 0.1) is 25.5 Å². The number of piperazine rings is 1. The van der Waals surface area contributed by atoms with E-state index in [1.54, 1.807) is 10.7 Å². The number of hydrogen-bond acceptors (Lipinski definition) is 7. The first-order valence-corrected chi connectivity index (χ1v) is 11.4. The van der Waals surface area contributed by atoms with E-state index in [9.17, 15) is 8.78 Å². The zero-order valence-corrected chi connectivity index (χ0v) is 19.8. The largest absolute Gasteiger partial charge is 0.369 e. The van der Waals surface area contributed by atoms with Crippen LogP contribution in [0.15, 0.2) is 48.7 Å². The summed E-state index contributed by atoms with van der Waals surface area (Å²) in [5, 5.41) is 7.48. The van der Waals surface area contributed by atoms with Gasteiger partial charge in [-0.05, 0) is 63.4 Å². The van der Waals surface area contributed by atoms with E-state index >= 15 is 0 Å². The molecule has 0 aliphatic carbocycles. The van der Waals surface area contributed by atoms with Gasteiger partial charge >= 0.3 is 0 Å². The van der Waals surface area contributed by atoms with E-state index in [1.807, 2.05) is 38.1 Å². The Labute approximate surface area is 202 Å². The van der Waals surface area contributed by atoms with Gasteiger partial charge in [-0.15, -0.1) is 0 Å².